The molecule has 0 unspecified atom stereocenters. The Bertz CT molecular complexity index is 1200. The van der Waals surface area contributed by atoms with E-state index in [2.05, 4.69) is 107 Å². The van der Waals surface area contributed by atoms with Crippen LogP contribution in [0.4, 0.5) is 0 Å². The Hall–Kier alpha value is -2.62. The fraction of sp³-hybridized carbons (Fsp3) is 0.231. The second-order valence-corrected chi connectivity index (χ2v) is 8.90. The summed E-state index contributed by atoms with van der Waals surface area (Å²) in [6.07, 6.45) is 0. The van der Waals surface area contributed by atoms with Gasteiger partial charge in [-0.2, -0.15) is 0 Å². The van der Waals surface area contributed by atoms with Crippen LogP contribution < -0.4 is 5.46 Å². The molecule has 0 N–H and O–H groups in total. The zero-order chi connectivity index (χ0) is 20.2. The van der Waals surface area contributed by atoms with Gasteiger partial charge < -0.3 is 9.31 Å². The predicted octanol–water partition coefficient (Wildman–Crippen LogP) is 5.96. The average Bonchev–Trinajstić information content (AvgIpc) is 2.93. The first-order chi connectivity index (χ1) is 13.9. The molecule has 0 spiro atoms. The molecule has 0 aromatic heterocycles. The van der Waals surface area contributed by atoms with E-state index in [1.54, 1.807) is 0 Å². The number of hydrogen-bond donors (Lipinski definition) is 0. The molecule has 0 aliphatic carbocycles. The van der Waals surface area contributed by atoms with E-state index in [0.29, 0.717) is 0 Å². The molecule has 0 amide bonds. The van der Waals surface area contributed by atoms with Crippen LogP contribution in [-0.2, 0) is 9.31 Å². The van der Waals surface area contributed by atoms with E-state index in [1.807, 2.05) is 0 Å². The van der Waals surface area contributed by atoms with Crippen LogP contribution in [0.3, 0.4) is 0 Å². The smallest absolute Gasteiger partial charge is 0.399 e. The van der Waals surface area contributed by atoms with Crippen LogP contribution in [0.15, 0.2) is 78.9 Å². The highest BCUT2D eigenvalue weighted by Gasteiger charge is 2.52. The van der Waals surface area contributed by atoms with Gasteiger partial charge in [0.2, 0.25) is 0 Å². The van der Waals surface area contributed by atoms with Gasteiger partial charge >= 0.3 is 7.12 Å². The van der Waals surface area contributed by atoms with Crippen LogP contribution in [0.2, 0.25) is 0 Å². The Morgan fingerprint density at radius 2 is 1.24 bits per heavy atom. The number of fused-ring (bicyclic) bond motifs is 2. The minimum atomic E-state index is -0.384. The highest BCUT2D eigenvalue weighted by Crippen LogP contribution is 2.38. The standard InChI is InChI=1S/C26H25BO2/c1-25(2)26(3,4)29-27(28-25)23-14-8-12-19-11-7-13-22(24(19)23)21-16-15-18-9-5-6-10-20(18)17-21/h5-17H,1-4H3. The van der Waals surface area contributed by atoms with E-state index in [1.165, 1.54) is 32.7 Å². The zero-order valence-electron chi connectivity index (χ0n) is 17.4. The zero-order valence-corrected chi connectivity index (χ0v) is 17.4. The van der Waals surface area contributed by atoms with Crippen LogP contribution in [0.5, 0.6) is 0 Å². The van der Waals surface area contributed by atoms with Gasteiger partial charge in [-0.3, -0.25) is 0 Å². The average molecular weight is 380 g/mol. The van der Waals surface area contributed by atoms with Gasteiger partial charge in [0, 0.05) is 0 Å². The first-order valence-electron chi connectivity index (χ1n) is 10.2. The maximum Gasteiger partial charge on any atom is 0.495 e. The monoisotopic (exact) mass is 380 g/mol. The summed E-state index contributed by atoms with van der Waals surface area (Å²) in [5.41, 5.74) is 2.77. The molecule has 0 atom stereocenters. The van der Waals surface area contributed by atoms with Gasteiger partial charge in [-0.15, -0.1) is 0 Å². The molecule has 0 bridgehead atoms. The molecule has 1 aliphatic heterocycles. The van der Waals surface area contributed by atoms with Crippen molar-refractivity contribution in [3.05, 3.63) is 78.9 Å². The van der Waals surface area contributed by atoms with Crippen molar-refractivity contribution >= 4 is 34.1 Å². The summed E-state index contributed by atoms with van der Waals surface area (Å²) in [6.45, 7) is 8.40. The molecule has 1 aliphatic rings. The second kappa shape index (κ2) is 6.45. The molecule has 3 heteroatoms. The summed E-state index contributed by atoms with van der Waals surface area (Å²) in [7, 11) is -0.384. The maximum atomic E-state index is 6.40. The van der Waals surface area contributed by atoms with Gasteiger partial charge in [-0.25, -0.2) is 0 Å². The van der Waals surface area contributed by atoms with E-state index >= 15 is 0 Å². The third kappa shape index (κ3) is 2.97. The molecular formula is C26H25BO2. The third-order valence-electron chi connectivity index (χ3n) is 6.50. The van der Waals surface area contributed by atoms with Gasteiger partial charge in [0.15, 0.2) is 0 Å². The molecule has 1 heterocycles. The van der Waals surface area contributed by atoms with E-state index in [9.17, 15) is 0 Å². The normalized spacial score (nSPS) is 17.9. The summed E-state index contributed by atoms with van der Waals surface area (Å²) in [5, 5.41) is 4.89. The largest absolute Gasteiger partial charge is 0.495 e. The Morgan fingerprint density at radius 3 is 1.97 bits per heavy atom. The lowest BCUT2D eigenvalue weighted by molar-refractivity contribution is 0.00578. The van der Waals surface area contributed by atoms with Gasteiger partial charge in [-0.1, -0.05) is 72.8 Å². The number of hydrogen-bond acceptors (Lipinski definition) is 2. The molecular weight excluding hydrogens is 355 g/mol. The molecule has 0 saturated carbocycles. The SMILES string of the molecule is CC1(C)OB(c2cccc3cccc(-c4ccc5ccccc5c4)c23)OC1(C)C. The van der Waals surface area contributed by atoms with Crippen molar-refractivity contribution in [1.29, 1.82) is 0 Å². The number of benzene rings is 4. The topological polar surface area (TPSA) is 18.5 Å². The van der Waals surface area contributed by atoms with E-state index in [-0.39, 0.29) is 18.3 Å². The van der Waals surface area contributed by atoms with Crippen LogP contribution in [-0.4, -0.2) is 18.3 Å². The van der Waals surface area contributed by atoms with Gasteiger partial charge in [0.1, 0.15) is 0 Å². The van der Waals surface area contributed by atoms with Crippen LogP contribution in [0, 0.1) is 0 Å². The molecule has 0 radical (unpaired) electrons. The molecule has 29 heavy (non-hydrogen) atoms. The Balaban J connectivity index is 1.71. The minimum absolute atomic E-state index is 0.363. The van der Waals surface area contributed by atoms with Crippen molar-refractivity contribution in [2.24, 2.45) is 0 Å². The lowest BCUT2D eigenvalue weighted by atomic mass is 9.74. The lowest BCUT2D eigenvalue weighted by Crippen LogP contribution is -2.41. The van der Waals surface area contributed by atoms with E-state index < -0.39 is 0 Å². The van der Waals surface area contributed by atoms with Gasteiger partial charge in [0.25, 0.3) is 0 Å². The van der Waals surface area contributed by atoms with Crippen molar-refractivity contribution < 1.29 is 9.31 Å². The van der Waals surface area contributed by atoms with Crippen molar-refractivity contribution in [3.63, 3.8) is 0 Å². The Morgan fingerprint density at radius 1 is 0.621 bits per heavy atom. The fourth-order valence-corrected chi connectivity index (χ4v) is 4.13. The Labute approximate surface area is 172 Å². The summed E-state index contributed by atoms with van der Waals surface area (Å²) >= 11 is 0. The molecule has 2 nitrogen and oxygen atoms in total. The van der Waals surface area contributed by atoms with Crippen molar-refractivity contribution in [3.8, 4) is 11.1 Å². The second-order valence-electron chi connectivity index (χ2n) is 8.90. The first kappa shape index (κ1) is 18.4. The third-order valence-corrected chi connectivity index (χ3v) is 6.50. The van der Waals surface area contributed by atoms with Gasteiger partial charge in [0.05, 0.1) is 11.2 Å². The quantitative estimate of drug-likeness (QED) is 0.400. The summed E-state index contributed by atoms with van der Waals surface area (Å²) in [6, 6.07) is 28.0. The first-order valence-corrected chi connectivity index (χ1v) is 10.2. The molecule has 4 aromatic rings. The van der Waals surface area contributed by atoms with Crippen LogP contribution in [0.1, 0.15) is 27.7 Å². The number of rotatable bonds is 2. The highest BCUT2D eigenvalue weighted by atomic mass is 16.7. The maximum absolute atomic E-state index is 6.40. The van der Waals surface area contributed by atoms with Crippen molar-refractivity contribution in [1.82, 2.24) is 0 Å². The molecule has 5 rings (SSSR count). The summed E-state index contributed by atoms with van der Waals surface area (Å²) in [4.78, 5) is 0. The summed E-state index contributed by atoms with van der Waals surface area (Å²) in [5.74, 6) is 0. The Kier molecular flexibility index (Phi) is 4.09. The minimum Gasteiger partial charge on any atom is -0.399 e. The van der Waals surface area contributed by atoms with Crippen molar-refractivity contribution in [2.45, 2.75) is 38.9 Å². The molecule has 1 saturated heterocycles. The molecule has 144 valence electrons. The van der Waals surface area contributed by atoms with Gasteiger partial charge in [-0.05, 0) is 71.9 Å². The van der Waals surface area contributed by atoms with Crippen LogP contribution >= 0.6 is 0 Å². The molecule has 1 fully saturated rings. The summed E-state index contributed by atoms with van der Waals surface area (Å²) < 4.78 is 12.8. The van der Waals surface area contributed by atoms with E-state index in [0.717, 1.165) is 5.46 Å². The fourth-order valence-electron chi connectivity index (χ4n) is 4.13. The predicted molar refractivity (Wildman–Crippen MR) is 123 cm³/mol. The lowest BCUT2D eigenvalue weighted by Gasteiger charge is -2.32. The van der Waals surface area contributed by atoms with Crippen molar-refractivity contribution in [2.75, 3.05) is 0 Å². The van der Waals surface area contributed by atoms with Crippen LogP contribution in [0.25, 0.3) is 32.7 Å². The highest BCUT2D eigenvalue weighted by molar-refractivity contribution is 6.65. The van der Waals surface area contributed by atoms with E-state index in [4.69, 9.17) is 9.31 Å². The molecule has 4 aromatic carbocycles.